The Kier molecular flexibility index (Phi) is 20.6. The summed E-state index contributed by atoms with van der Waals surface area (Å²) < 4.78 is 64.0. The predicted octanol–water partition coefficient (Wildman–Crippen LogP) is 6.10. The van der Waals surface area contributed by atoms with E-state index in [-0.39, 0.29) is 12.3 Å². The number of halogens is 3. The number of ether oxygens (including phenoxy) is 7. The molecule has 11 nitrogen and oxygen atoms in total. The number of aryl methyl sites for hydroxylation is 1. The largest absolute Gasteiger partial charge is 0.762 e. The molecule has 45 heavy (non-hydrogen) atoms. The molecule has 0 bridgehead atoms. The van der Waals surface area contributed by atoms with Crippen LogP contribution in [-0.4, -0.2) is 92.7 Å². The minimum absolute atomic E-state index is 0.0707. The molecule has 2 aromatic carbocycles. The fourth-order valence-electron chi connectivity index (χ4n) is 3.84. The maximum absolute atomic E-state index is 11.6. The lowest BCUT2D eigenvalue weighted by molar-refractivity contribution is -0.109. The first kappa shape index (κ1) is 41.1. The summed E-state index contributed by atoms with van der Waals surface area (Å²) in [6, 6.07) is 10.6. The minimum atomic E-state index is -3.67. The van der Waals surface area contributed by atoms with Crippen molar-refractivity contribution in [3.8, 4) is 11.5 Å². The summed E-state index contributed by atoms with van der Waals surface area (Å²) in [5, 5.41) is 4.19. The summed E-state index contributed by atoms with van der Waals surface area (Å²) in [6.45, 7) is 9.56. The lowest BCUT2D eigenvalue weighted by Gasteiger charge is -2.23. The summed E-state index contributed by atoms with van der Waals surface area (Å²) in [6.07, 6.45) is -0.374. The van der Waals surface area contributed by atoms with Crippen molar-refractivity contribution in [1.82, 2.24) is 4.98 Å². The lowest BCUT2D eigenvalue weighted by Crippen LogP contribution is -2.33. The molecule has 0 saturated carbocycles. The maximum atomic E-state index is 11.6. The zero-order chi connectivity index (χ0) is 34.5. The van der Waals surface area contributed by atoms with Gasteiger partial charge in [-0.2, -0.15) is 0 Å². The number of H-pyrrole nitrogens is 1. The minimum Gasteiger partial charge on any atom is -0.496 e. The van der Waals surface area contributed by atoms with E-state index in [1.165, 1.54) is 28.4 Å². The standard InChI is InChI=1S/C14H21NO5.C12H13NO3.C4H10O.BF3/c1-9(14(19-4)20-5)15-10-6-7-11(13(16)18-3)12(8-10)17-2;1-7-4-8-5-9(12(14)16-3)11(15-2)6-10(8)13-7;1-3-5-4-2;2-1(3)4/h6-9,14-15H,1-5H3;4-6,13H,1-3H3;3-4H2,1-2H3;. The molecule has 0 saturated heterocycles. The van der Waals surface area contributed by atoms with Gasteiger partial charge in [0.15, 0.2) is 6.29 Å². The topological polar surface area (TPSA) is 127 Å². The molecular formula is C30H44BF3N2O9. The smallest absolute Gasteiger partial charge is 0.496 e. The Balaban J connectivity index is 0.000000686. The number of hydrogen-bond acceptors (Lipinski definition) is 10. The number of aromatic nitrogens is 1. The fourth-order valence-corrected chi connectivity index (χ4v) is 3.84. The van der Waals surface area contributed by atoms with Gasteiger partial charge in [-0.3, -0.25) is 12.9 Å². The van der Waals surface area contributed by atoms with Crippen molar-refractivity contribution in [2.75, 3.05) is 61.2 Å². The monoisotopic (exact) mass is 644 g/mol. The molecule has 1 heterocycles. The molecule has 1 aromatic heterocycles. The molecule has 0 amide bonds. The van der Waals surface area contributed by atoms with Crippen molar-refractivity contribution in [3.63, 3.8) is 0 Å². The van der Waals surface area contributed by atoms with Gasteiger partial charge in [0.2, 0.25) is 0 Å². The van der Waals surface area contributed by atoms with Crippen LogP contribution in [0.5, 0.6) is 11.5 Å². The number of carbonyl (C=O) groups excluding carboxylic acids is 2. The van der Waals surface area contributed by atoms with E-state index in [1.54, 1.807) is 44.6 Å². The van der Waals surface area contributed by atoms with E-state index >= 15 is 0 Å². The Morgan fingerprint density at radius 1 is 0.822 bits per heavy atom. The fraction of sp³-hybridized carbons (Fsp3) is 0.467. The van der Waals surface area contributed by atoms with E-state index in [0.29, 0.717) is 22.6 Å². The molecule has 252 valence electrons. The summed E-state index contributed by atoms with van der Waals surface area (Å²) in [5.74, 6) is 0.132. The average molecular weight is 644 g/mol. The van der Waals surface area contributed by atoms with Crippen LogP contribution < -0.4 is 14.8 Å². The molecule has 0 aliphatic carbocycles. The van der Waals surface area contributed by atoms with Gasteiger partial charge in [0, 0.05) is 61.9 Å². The Labute approximate surface area is 262 Å². The summed E-state index contributed by atoms with van der Waals surface area (Å²) in [7, 11) is 5.21. The van der Waals surface area contributed by atoms with Crippen LogP contribution in [0.3, 0.4) is 0 Å². The molecule has 1 atom stereocenters. The highest BCUT2D eigenvalue weighted by atomic mass is 19.4. The molecule has 0 aliphatic heterocycles. The van der Waals surface area contributed by atoms with Crippen LogP contribution in [0.1, 0.15) is 47.2 Å². The molecule has 1 unspecified atom stereocenters. The van der Waals surface area contributed by atoms with Crippen molar-refractivity contribution in [1.29, 1.82) is 0 Å². The summed E-state index contributed by atoms with van der Waals surface area (Å²) >= 11 is 0. The quantitative estimate of drug-likeness (QED) is 0.144. The number of aromatic amines is 1. The number of carbonyl (C=O) groups is 2. The molecule has 0 fully saturated rings. The van der Waals surface area contributed by atoms with Gasteiger partial charge in [0.05, 0.1) is 34.5 Å². The van der Waals surface area contributed by atoms with Crippen LogP contribution in [0.15, 0.2) is 36.4 Å². The van der Waals surface area contributed by atoms with E-state index < -0.39 is 19.5 Å². The van der Waals surface area contributed by atoms with Gasteiger partial charge in [-0.1, -0.05) is 0 Å². The van der Waals surface area contributed by atoms with Gasteiger partial charge in [-0.15, -0.1) is 0 Å². The normalized spacial score (nSPS) is 10.6. The SMILES string of the molecule is CCOCC.COC(=O)c1cc2cc(C)[nH]c2cc1OC.COC(=O)c1ccc(NC(C)C(OC)OC)cc1OC.FB(F)F. The Morgan fingerprint density at radius 3 is 1.78 bits per heavy atom. The molecule has 2 N–H and O–H groups in total. The second-order valence-corrected chi connectivity index (χ2v) is 8.79. The number of rotatable bonds is 11. The van der Waals surface area contributed by atoms with E-state index in [0.717, 1.165) is 35.5 Å². The van der Waals surface area contributed by atoms with Crippen LogP contribution in [0.25, 0.3) is 10.9 Å². The molecule has 3 aromatic rings. The third kappa shape index (κ3) is 14.6. The Hall–Kier alpha value is -3.95. The van der Waals surface area contributed by atoms with Crippen LogP contribution >= 0.6 is 0 Å². The summed E-state index contributed by atoms with van der Waals surface area (Å²) in [4.78, 5) is 26.3. The van der Waals surface area contributed by atoms with Crippen molar-refractivity contribution < 1.29 is 55.7 Å². The summed E-state index contributed by atoms with van der Waals surface area (Å²) in [5.41, 5.74) is 3.60. The second-order valence-electron chi connectivity index (χ2n) is 8.79. The van der Waals surface area contributed by atoms with E-state index in [1.807, 2.05) is 33.8 Å². The number of benzene rings is 2. The third-order valence-corrected chi connectivity index (χ3v) is 5.76. The average Bonchev–Trinajstić information content (AvgIpc) is 3.39. The van der Waals surface area contributed by atoms with E-state index in [9.17, 15) is 22.5 Å². The van der Waals surface area contributed by atoms with Gasteiger partial charge in [-0.25, -0.2) is 9.59 Å². The number of fused-ring (bicyclic) bond motifs is 1. The van der Waals surface area contributed by atoms with Gasteiger partial charge < -0.3 is 43.5 Å². The Bertz CT molecular complexity index is 1290. The molecule has 0 spiro atoms. The number of nitrogens with one attached hydrogen (secondary N) is 2. The highest BCUT2D eigenvalue weighted by Crippen LogP contribution is 2.27. The van der Waals surface area contributed by atoms with Gasteiger partial charge in [0.1, 0.15) is 22.6 Å². The first-order valence-corrected chi connectivity index (χ1v) is 13.7. The van der Waals surface area contributed by atoms with Crippen molar-refractivity contribution in [2.45, 2.75) is 40.0 Å². The van der Waals surface area contributed by atoms with Crippen LogP contribution in [0, 0.1) is 6.92 Å². The highest BCUT2D eigenvalue weighted by molar-refractivity contribution is 6.33. The van der Waals surface area contributed by atoms with E-state index in [2.05, 4.69) is 10.3 Å². The first-order chi connectivity index (χ1) is 21.4. The van der Waals surface area contributed by atoms with Crippen LogP contribution in [-0.2, 0) is 23.7 Å². The third-order valence-electron chi connectivity index (χ3n) is 5.76. The molecule has 3 rings (SSSR count). The van der Waals surface area contributed by atoms with Crippen molar-refractivity contribution in [3.05, 3.63) is 53.2 Å². The number of hydrogen-bond donors (Lipinski definition) is 2. The van der Waals surface area contributed by atoms with Gasteiger partial charge >= 0.3 is 19.5 Å². The van der Waals surface area contributed by atoms with Crippen molar-refractivity contribution >= 4 is 36.1 Å². The maximum Gasteiger partial charge on any atom is 0.762 e. The second kappa shape index (κ2) is 22.5. The number of methoxy groups -OCH3 is 6. The zero-order valence-corrected chi connectivity index (χ0v) is 27.4. The molecule has 15 heteroatoms. The number of anilines is 1. The van der Waals surface area contributed by atoms with Gasteiger partial charge in [-0.05, 0) is 52.0 Å². The lowest BCUT2D eigenvalue weighted by atomic mass is 10.1. The van der Waals surface area contributed by atoms with Crippen molar-refractivity contribution in [2.24, 2.45) is 0 Å². The molecule has 0 aliphatic rings. The Morgan fingerprint density at radius 2 is 1.33 bits per heavy atom. The number of esters is 2. The van der Waals surface area contributed by atoms with Gasteiger partial charge in [0.25, 0.3) is 0 Å². The highest BCUT2D eigenvalue weighted by Gasteiger charge is 2.18. The zero-order valence-electron chi connectivity index (χ0n) is 27.4. The van der Waals surface area contributed by atoms with Crippen LogP contribution in [0.4, 0.5) is 18.6 Å². The van der Waals surface area contributed by atoms with E-state index in [4.69, 9.17) is 33.2 Å². The molecular weight excluding hydrogens is 600 g/mol. The molecule has 0 radical (unpaired) electrons. The van der Waals surface area contributed by atoms with Crippen LogP contribution in [0.2, 0.25) is 0 Å². The first-order valence-electron chi connectivity index (χ1n) is 13.7. The predicted molar refractivity (Wildman–Crippen MR) is 167 cm³/mol.